The van der Waals surface area contributed by atoms with Gasteiger partial charge in [-0.3, -0.25) is 0 Å². The highest BCUT2D eigenvalue weighted by atomic mass is 19.4. The van der Waals surface area contributed by atoms with E-state index in [1.165, 1.54) is 0 Å². The highest BCUT2D eigenvalue weighted by molar-refractivity contribution is 5.49. The fourth-order valence-corrected chi connectivity index (χ4v) is 4.74. The minimum atomic E-state index is -4.20. The maximum atomic E-state index is 13.4. The molecule has 0 heterocycles. The Hall–Kier alpha value is -1.39. The van der Waals surface area contributed by atoms with Crippen LogP contribution in [0.2, 0.25) is 0 Å². The van der Waals surface area contributed by atoms with Gasteiger partial charge in [0.05, 0.1) is 5.92 Å². The molecule has 1 saturated carbocycles. The van der Waals surface area contributed by atoms with Crippen molar-refractivity contribution in [3.05, 3.63) is 23.3 Å². The van der Waals surface area contributed by atoms with Crippen LogP contribution in [-0.4, -0.2) is 16.4 Å². The molecule has 5 heteroatoms. The van der Waals surface area contributed by atoms with Crippen molar-refractivity contribution in [1.82, 2.24) is 0 Å². The molecule has 1 aromatic carbocycles. The second-order valence-electron chi connectivity index (χ2n) is 8.62. The van der Waals surface area contributed by atoms with Crippen molar-refractivity contribution >= 4 is 0 Å². The van der Waals surface area contributed by atoms with Crippen molar-refractivity contribution in [2.24, 2.45) is 23.7 Å². The Morgan fingerprint density at radius 1 is 1.07 bits per heavy atom. The predicted octanol–water partition coefficient (Wildman–Crippen LogP) is 6.79. The van der Waals surface area contributed by atoms with E-state index < -0.39 is 18.0 Å². The molecule has 0 radical (unpaired) electrons. The lowest BCUT2D eigenvalue weighted by Crippen LogP contribution is -2.39. The number of hydrogen-bond donors (Lipinski definition) is 2. The summed E-state index contributed by atoms with van der Waals surface area (Å²) in [5.41, 5.74) is 1.31. The second kappa shape index (κ2) is 8.74. The first-order valence-corrected chi connectivity index (χ1v) is 10.2. The molecule has 0 amide bonds. The first-order valence-electron chi connectivity index (χ1n) is 10.2. The fraction of sp³-hybridized carbons (Fsp3) is 0.727. The molecule has 0 spiro atoms. The summed E-state index contributed by atoms with van der Waals surface area (Å²) in [4.78, 5) is 0. The molecule has 2 rings (SSSR count). The maximum absolute atomic E-state index is 13.4. The zero-order valence-electron chi connectivity index (χ0n) is 16.8. The van der Waals surface area contributed by atoms with Crippen LogP contribution in [0.1, 0.15) is 76.8 Å². The second-order valence-corrected chi connectivity index (χ2v) is 8.62. The number of benzene rings is 1. The van der Waals surface area contributed by atoms with E-state index in [1.807, 2.05) is 13.8 Å². The third kappa shape index (κ3) is 5.11. The van der Waals surface area contributed by atoms with Gasteiger partial charge in [0, 0.05) is 5.56 Å². The lowest BCUT2D eigenvalue weighted by molar-refractivity contribution is -0.201. The first kappa shape index (κ1) is 21.9. The van der Waals surface area contributed by atoms with Gasteiger partial charge in [0.2, 0.25) is 0 Å². The number of hydrogen-bond acceptors (Lipinski definition) is 2. The highest BCUT2D eigenvalue weighted by Crippen LogP contribution is 2.54. The molecular weight excluding hydrogens is 353 g/mol. The van der Waals surface area contributed by atoms with Crippen molar-refractivity contribution in [2.45, 2.75) is 78.3 Å². The third-order valence-corrected chi connectivity index (χ3v) is 6.27. The van der Waals surface area contributed by atoms with Gasteiger partial charge < -0.3 is 10.2 Å². The molecule has 1 fully saturated rings. The summed E-state index contributed by atoms with van der Waals surface area (Å²) in [6.07, 6.45) is 0.0967. The van der Waals surface area contributed by atoms with Gasteiger partial charge >= 0.3 is 6.18 Å². The van der Waals surface area contributed by atoms with Gasteiger partial charge in [-0.25, -0.2) is 0 Å². The number of aryl methyl sites for hydroxylation is 1. The van der Waals surface area contributed by atoms with E-state index >= 15 is 0 Å². The summed E-state index contributed by atoms with van der Waals surface area (Å²) in [5.74, 6) is -2.26. The van der Waals surface area contributed by atoms with Crippen molar-refractivity contribution < 1.29 is 23.4 Å². The predicted molar refractivity (Wildman–Crippen MR) is 102 cm³/mol. The van der Waals surface area contributed by atoms with Crippen molar-refractivity contribution in [1.29, 1.82) is 0 Å². The number of halogens is 3. The summed E-state index contributed by atoms with van der Waals surface area (Å²) >= 11 is 0. The van der Waals surface area contributed by atoms with Crippen LogP contribution in [0.5, 0.6) is 11.5 Å². The Morgan fingerprint density at radius 2 is 1.67 bits per heavy atom. The van der Waals surface area contributed by atoms with E-state index in [0.29, 0.717) is 12.0 Å². The summed E-state index contributed by atoms with van der Waals surface area (Å²) < 4.78 is 40.3. The smallest absolute Gasteiger partial charge is 0.392 e. The molecule has 1 aliphatic rings. The topological polar surface area (TPSA) is 40.5 Å². The number of alkyl halides is 3. The van der Waals surface area contributed by atoms with Crippen molar-refractivity contribution in [3.63, 3.8) is 0 Å². The van der Waals surface area contributed by atoms with Gasteiger partial charge in [-0.2, -0.15) is 13.2 Å². The summed E-state index contributed by atoms with van der Waals surface area (Å²) in [6, 6.07) is 3.37. The molecule has 0 aliphatic heterocycles. The van der Waals surface area contributed by atoms with Crippen molar-refractivity contribution in [2.75, 3.05) is 0 Å². The van der Waals surface area contributed by atoms with Crippen molar-refractivity contribution in [3.8, 4) is 11.5 Å². The van der Waals surface area contributed by atoms with Gasteiger partial charge in [0.1, 0.15) is 11.5 Å². The molecule has 0 aromatic heterocycles. The third-order valence-electron chi connectivity index (χ3n) is 6.27. The van der Waals surface area contributed by atoms with Crippen LogP contribution in [0.4, 0.5) is 13.2 Å². The van der Waals surface area contributed by atoms with Crippen LogP contribution in [0.15, 0.2) is 12.1 Å². The number of unbranched alkanes of at least 4 members (excludes halogenated alkanes) is 2. The van der Waals surface area contributed by atoms with E-state index in [4.69, 9.17) is 0 Å². The molecule has 154 valence electrons. The summed E-state index contributed by atoms with van der Waals surface area (Å²) in [5, 5.41) is 21.2. The Morgan fingerprint density at radius 3 is 2.15 bits per heavy atom. The average molecular weight is 386 g/mol. The SMILES string of the molecule is CCCCCc1cc(O)c(C2CC(C)C(C(F)(F)F)CC2C(C)C)c(O)c1. The Balaban J connectivity index is 2.32. The van der Waals surface area contributed by atoms with E-state index in [-0.39, 0.29) is 35.7 Å². The molecule has 4 atom stereocenters. The lowest BCUT2D eigenvalue weighted by atomic mass is 9.63. The average Bonchev–Trinajstić information content (AvgIpc) is 2.53. The molecular formula is C22H33F3O2. The first-order chi connectivity index (χ1) is 12.6. The molecule has 1 aromatic rings. The monoisotopic (exact) mass is 386 g/mol. The van der Waals surface area contributed by atoms with Crippen LogP contribution in [0.3, 0.4) is 0 Å². The molecule has 27 heavy (non-hydrogen) atoms. The lowest BCUT2D eigenvalue weighted by Gasteiger charge is -2.43. The van der Waals surface area contributed by atoms with Crippen LogP contribution >= 0.6 is 0 Å². The Kier molecular flexibility index (Phi) is 7.09. The molecule has 1 aliphatic carbocycles. The Bertz CT molecular complexity index is 601. The van der Waals surface area contributed by atoms with E-state index in [0.717, 1.165) is 31.2 Å². The van der Waals surface area contributed by atoms with Crippen LogP contribution in [0.25, 0.3) is 0 Å². The zero-order valence-corrected chi connectivity index (χ0v) is 16.8. The Labute approximate surface area is 160 Å². The van der Waals surface area contributed by atoms with Gasteiger partial charge in [-0.1, -0.05) is 40.5 Å². The molecule has 4 unspecified atom stereocenters. The fourth-order valence-electron chi connectivity index (χ4n) is 4.74. The quantitative estimate of drug-likeness (QED) is 0.528. The molecule has 2 N–H and O–H groups in total. The summed E-state index contributed by atoms with van der Waals surface area (Å²) in [6.45, 7) is 7.60. The largest absolute Gasteiger partial charge is 0.508 e. The number of phenols is 2. The number of rotatable bonds is 6. The van der Waals surface area contributed by atoms with Crippen LogP contribution < -0.4 is 0 Å². The van der Waals surface area contributed by atoms with Gasteiger partial charge in [0.15, 0.2) is 0 Å². The minimum absolute atomic E-state index is 0.0230. The summed E-state index contributed by atoms with van der Waals surface area (Å²) in [7, 11) is 0. The van der Waals surface area contributed by atoms with E-state index in [9.17, 15) is 23.4 Å². The van der Waals surface area contributed by atoms with Crippen LogP contribution in [0, 0.1) is 23.7 Å². The van der Waals surface area contributed by atoms with Crippen LogP contribution in [-0.2, 0) is 6.42 Å². The standard InChI is InChI=1S/C22H33F3O2/c1-5-6-7-8-15-10-19(26)21(20(27)11-15)17-9-14(4)18(22(23,24)25)12-16(17)13(2)3/h10-11,13-14,16-18,26-27H,5-9,12H2,1-4H3. The maximum Gasteiger partial charge on any atom is 0.392 e. The van der Waals surface area contributed by atoms with E-state index in [1.54, 1.807) is 19.1 Å². The minimum Gasteiger partial charge on any atom is -0.508 e. The van der Waals surface area contributed by atoms with Gasteiger partial charge in [-0.15, -0.1) is 0 Å². The molecule has 0 bridgehead atoms. The molecule has 2 nitrogen and oxygen atoms in total. The number of phenolic OH excluding ortho intramolecular Hbond substituents is 2. The number of aromatic hydroxyl groups is 2. The van der Waals surface area contributed by atoms with Gasteiger partial charge in [-0.05, 0) is 67.1 Å². The normalized spacial score (nSPS) is 26.5. The van der Waals surface area contributed by atoms with Gasteiger partial charge in [0.25, 0.3) is 0 Å². The van der Waals surface area contributed by atoms with E-state index in [2.05, 4.69) is 6.92 Å². The highest BCUT2D eigenvalue weighted by Gasteiger charge is 2.50. The zero-order chi connectivity index (χ0) is 20.4. The molecule has 0 saturated heterocycles.